The number of ether oxygens (including phenoxy) is 2. The van der Waals surface area contributed by atoms with Crippen molar-refractivity contribution in [2.24, 2.45) is 0 Å². The zero-order valence-electron chi connectivity index (χ0n) is 14.3. The first-order chi connectivity index (χ1) is 11.4. The Morgan fingerprint density at radius 3 is 2.33 bits per heavy atom. The number of nitrogens with one attached hydrogen (secondary N) is 1. The maximum Gasteiger partial charge on any atom is 0.338 e. The van der Waals surface area contributed by atoms with Crippen LogP contribution in [0.2, 0.25) is 0 Å². The summed E-state index contributed by atoms with van der Waals surface area (Å²) >= 11 is 0. The van der Waals surface area contributed by atoms with E-state index in [0.29, 0.717) is 17.0 Å². The SMILES string of the molecule is COc1ccc(C(=O)OCC(=O)Nc2ccc(C)c(C)c2)c(C)c1. The minimum atomic E-state index is -0.537. The van der Waals surface area contributed by atoms with Crippen molar-refractivity contribution in [2.45, 2.75) is 20.8 Å². The molecule has 2 aromatic carbocycles. The molecule has 0 atom stereocenters. The van der Waals surface area contributed by atoms with Gasteiger partial charge in [-0.05, 0) is 67.8 Å². The molecule has 0 bridgehead atoms. The molecular weight excluding hydrogens is 306 g/mol. The van der Waals surface area contributed by atoms with Gasteiger partial charge in [0.05, 0.1) is 12.7 Å². The average Bonchev–Trinajstić information content (AvgIpc) is 2.56. The van der Waals surface area contributed by atoms with Crippen molar-refractivity contribution < 1.29 is 19.1 Å². The Morgan fingerprint density at radius 2 is 1.71 bits per heavy atom. The van der Waals surface area contributed by atoms with Gasteiger partial charge in [0.1, 0.15) is 5.75 Å². The summed E-state index contributed by atoms with van der Waals surface area (Å²) in [6.45, 7) is 5.42. The van der Waals surface area contributed by atoms with Gasteiger partial charge in [0.25, 0.3) is 5.91 Å². The fourth-order valence-electron chi connectivity index (χ4n) is 2.22. The molecule has 2 aromatic rings. The van der Waals surface area contributed by atoms with Gasteiger partial charge in [-0.1, -0.05) is 6.07 Å². The highest BCUT2D eigenvalue weighted by Gasteiger charge is 2.13. The van der Waals surface area contributed by atoms with Crippen LogP contribution in [0, 0.1) is 20.8 Å². The Bertz CT molecular complexity index is 768. The predicted molar refractivity (Wildman–Crippen MR) is 92.6 cm³/mol. The number of carbonyl (C=O) groups excluding carboxylic acids is 2. The van der Waals surface area contributed by atoms with Crippen LogP contribution in [0.5, 0.6) is 5.75 Å². The van der Waals surface area contributed by atoms with Crippen molar-refractivity contribution in [1.82, 2.24) is 0 Å². The minimum absolute atomic E-state index is 0.336. The summed E-state index contributed by atoms with van der Waals surface area (Å²) in [7, 11) is 1.56. The number of esters is 1. The summed E-state index contributed by atoms with van der Waals surface area (Å²) in [6, 6.07) is 10.7. The molecule has 1 N–H and O–H groups in total. The smallest absolute Gasteiger partial charge is 0.338 e. The molecule has 2 rings (SSSR count). The van der Waals surface area contributed by atoms with Gasteiger partial charge in [-0.15, -0.1) is 0 Å². The maximum atomic E-state index is 12.1. The summed E-state index contributed by atoms with van der Waals surface area (Å²) in [5.74, 6) is -0.250. The normalized spacial score (nSPS) is 10.2. The van der Waals surface area contributed by atoms with Crippen LogP contribution in [0.4, 0.5) is 5.69 Å². The molecule has 0 spiro atoms. The number of benzene rings is 2. The van der Waals surface area contributed by atoms with E-state index in [2.05, 4.69) is 5.32 Å². The molecule has 0 unspecified atom stereocenters. The van der Waals surface area contributed by atoms with Gasteiger partial charge < -0.3 is 14.8 Å². The molecule has 0 saturated carbocycles. The highest BCUT2D eigenvalue weighted by atomic mass is 16.5. The van der Waals surface area contributed by atoms with Gasteiger partial charge in [0, 0.05) is 5.69 Å². The standard InChI is InChI=1S/C19H21NO4/c1-12-5-6-15(9-13(12)2)20-18(21)11-24-19(22)17-8-7-16(23-4)10-14(17)3/h5-10H,11H2,1-4H3,(H,20,21). The lowest BCUT2D eigenvalue weighted by atomic mass is 10.1. The van der Waals surface area contributed by atoms with E-state index in [1.54, 1.807) is 32.2 Å². The quantitative estimate of drug-likeness (QED) is 0.855. The van der Waals surface area contributed by atoms with Crippen molar-refractivity contribution in [3.63, 3.8) is 0 Å². The fraction of sp³-hybridized carbons (Fsp3) is 0.263. The summed E-state index contributed by atoms with van der Waals surface area (Å²) in [6.07, 6.45) is 0. The minimum Gasteiger partial charge on any atom is -0.497 e. The van der Waals surface area contributed by atoms with Crippen LogP contribution in [-0.4, -0.2) is 25.6 Å². The van der Waals surface area contributed by atoms with Crippen molar-refractivity contribution in [2.75, 3.05) is 19.0 Å². The Labute approximate surface area is 141 Å². The number of carbonyl (C=O) groups is 2. The molecular formula is C19H21NO4. The van der Waals surface area contributed by atoms with Gasteiger partial charge in [-0.3, -0.25) is 4.79 Å². The average molecular weight is 327 g/mol. The van der Waals surface area contributed by atoms with Crippen molar-refractivity contribution in [3.05, 3.63) is 58.7 Å². The zero-order valence-corrected chi connectivity index (χ0v) is 14.3. The first-order valence-corrected chi connectivity index (χ1v) is 7.59. The Hall–Kier alpha value is -2.82. The van der Waals surface area contributed by atoms with E-state index in [-0.39, 0.29) is 12.5 Å². The molecule has 0 aliphatic heterocycles. The summed E-state index contributed by atoms with van der Waals surface area (Å²) < 4.78 is 10.2. The van der Waals surface area contributed by atoms with E-state index in [1.807, 2.05) is 32.0 Å². The van der Waals surface area contributed by atoms with Gasteiger partial charge >= 0.3 is 5.97 Å². The van der Waals surface area contributed by atoms with Gasteiger partial charge in [-0.2, -0.15) is 0 Å². The Balaban J connectivity index is 1.93. The van der Waals surface area contributed by atoms with E-state index < -0.39 is 5.97 Å². The van der Waals surface area contributed by atoms with E-state index >= 15 is 0 Å². The third kappa shape index (κ3) is 4.35. The van der Waals surface area contributed by atoms with Crippen LogP contribution < -0.4 is 10.1 Å². The largest absolute Gasteiger partial charge is 0.497 e. The van der Waals surface area contributed by atoms with Gasteiger partial charge in [0.15, 0.2) is 6.61 Å². The van der Waals surface area contributed by atoms with E-state index in [1.165, 1.54) is 0 Å². The molecule has 1 amide bonds. The van der Waals surface area contributed by atoms with Crippen LogP contribution >= 0.6 is 0 Å². The molecule has 0 aliphatic rings. The van der Waals surface area contributed by atoms with Crippen LogP contribution in [0.25, 0.3) is 0 Å². The predicted octanol–water partition coefficient (Wildman–Crippen LogP) is 3.42. The first-order valence-electron chi connectivity index (χ1n) is 7.59. The summed E-state index contributed by atoms with van der Waals surface area (Å²) in [5, 5.41) is 2.71. The molecule has 5 heteroatoms. The van der Waals surface area contributed by atoms with Crippen LogP contribution in [-0.2, 0) is 9.53 Å². The maximum absolute atomic E-state index is 12.1. The van der Waals surface area contributed by atoms with Crippen LogP contribution in [0.1, 0.15) is 27.0 Å². The van der Waals surface area contributed by atoms with Gasteiger partial charge in [-0.25, -0.2) is 4.79 Å². The highest BCUT2D eigenvalue weighted by Crippen LogP contribution is 2.18. The Kier molecular flexibility index (Phi) is 5.58. The molecule has 0 aromatic heterocycles. The molecule has 0 heterocycles. The van der Waals surface area contributed by atoms with E-state index in [4.69, 9.17) is 9.47 Å². The first kappa shape index (κ1) is 17.5. The molecule has 24 heavy (non-hydrogen) atoms. The van der Waals surface area contributed by atoms with E-state index in [0.717, 1.165) is 16.7 Å². The van der Waals surface area contributed by atoms with Crippen molar-refractivity contribution >= 4 is 17.6 Å². The van der Waals surface area contributed by atoms with Crippen molar-refractivity contribution in [1.29, 1.82) is 0 Å². The lowest BCUT2D eigenvalue weighted by molar-refractivity contribution is -0.119. The molecule has 0 radical (unpaired) electrons. The molecule has 0 aliphatic carbocycles. The number of rotatable bonds is 5. The number of hydrogen-bond acceptors (Lipinski definition) is 4. The second-order valence-electron chi connectivity index (χ2n) is 5.60. The zero-order chi connectivity index (χ0) is 17.7. The number of amides is 1. The third-order valence-corrected chi connectivity index (χ3v) is 3.78. The number of hydrogen-bond donors (Lipinski definition) is 1. The van der Waals surface area contributed by atoms with Crippen LogP contribution in [0.3, 0.4) is 0 Å². The topological polar surface area (TPSA) is 64.6 Å². The monoisotopic (exact) mass is 327 g/mol. The lowest BCUT2D eigenvalue weighted by Gasteiger charge is -2.10. The van der Waals surface area contributed by atoms with Crippen molar-refractivity contribution in [3.8, 4) is 5.75 Å². The lowest BCUT2D eigenvalue weighted by Crippen LogP contribution is -2.21. The van der Waals surface area contributed by atoms with Gasteiger partial charge in [0.2, 0.25) is 0 Å². The number of aryl methyl sites for hydroxylation is 3. The number of methoxy groups -OCH3 is 1. The number of anilines is 1. The second-order valence-corrected chi connectivity index (χ2v) is 5.60. The molecule has 0 fully saturated rings. The summed E-state index contributed by atoms with van der Waals surface area (Å²) in [4.78, 5) is 24.0. The molecule has 126 valence electrons. The summed E-state index contributed by atoms with van der Waals surface area (Å²) in [5.41, 5.74) is 4.05. The van der Waals surface area contributed by atoms with Crippen LogP contribution in [0.15, 0.2) is 36.4 Å². The molecule has 5 nitrogen and oxygen atoms in total. The highest BCUT2D eigenvalue weighted by molar-refractivity contribution is 5.96. The van der Waals surface area contributed by atoms with E-state index in [9.17, 15) is 9.59 Å². The fourth-order valence-corrected chi connectivity index (χ4v) is 2.22. The Morgan fingerprint density at radius 1 is 0.958 bits per heavy atom. The second kappa shape index (κ2) is 7.64. The third-order valence-electron chi connectivity index (χ3n) is 3.78. The molecule has 0 saturated heterocycles.